The number of rotatable bonds is 7. The van der Waals surface area contributed by atoms with E-state index in [9.17, 15) is 0 Å². The topological polar surface area (TPSA) is 39.7 Å². The highest BCUT2D eigenvalue weighted by Crippen LogP contribution is 2.40. The van der Waals surface area contributed by atoms with Crippen LogP contribution in [0.3, 0.4) is 0 Å². The highest BCUT2D eigenvalue weighted by molar-refractivity contribution is 5.26. The maximum absolute atomic E-state index is 6.38. The van der Waals surface area contributed by atoms with Crippen LogP contribution in [0.5, 0.6) is 5.75 Å². The molecule has 1 aromatic heterocycles. The Hall–Kier alpha value is -2.59. The molecule has 0 spiro atoms. The zero-order chi connectivity index (χ0) is 24.3. The third-order valence-electron chi connectivity index (χ3n) is 7.91. The highest BCUT2D eigenvalue weighted by atomic mass is 16.5. The summed E-state index contributed by atoms with van der Waals surface area (Å²) in [4.78, 5) is 6.45. The van der Waals surface area contributed by atoms with Gasteiger partial charge >= 0.3 is 0 Å². The van der Waals surface area contributed by atoms with E-state index in [1.165, 1.54) is 70.0 Å². The molecule has 1 aliphatic heterocycles. The van der Waals surface area contributed by atoms with Crippen molar-refractivity contribution in [2.24, 2.45) is 11.8 Å². The lowest BCUT2D eigenvalue weighted by molar-refractivity contribution is -0.920. The van der Waals surface area contributed by atoms with Crippen molar-refractivity contribution in [3.8, 4) is 5.75 Å². The summed E-state index contributed by atoms with van der Waals surface area (Å²) in [5.74, 6) is 4.86. The fourth-order valence-electron chi connectivity index (χ4n) is 5.77. The van der Waals surface area contributed by atoms with Gasteiger partial charge in [-0.05, 0) is 55.2 Å². The summed E-state index contributed by atoms with van der Waals surface area (Å²) in [6.45, 7) is 5.88. The normalized spacial score (nSPS) is 21.5. The molecule has 0 radical (unpaired) electrons. The summed E-state index contributed by atoms with van der Waals surface area (Å²) in [6, 6.07) is 20.6. The maximum atomic E-state index is 6.38. The molecule has 1 saturated heterocycles. The van der Waals surface area contributed by atoms with E-state index in [1.807, 2.05) is 36.5 Å². The monoisotopic (exact) mass is 475 g/mol. The summed E-state index contributed by atoms with van der Waals surface area (Å²) in [5.41, 5.74) is 1.37. The number of aromatic nitrogens is 1. The van der Waals surface area contributed by atoms with Gasteiger partial charge in [-0.3, -0.25) is 0 Å². The van der Waals surface area contributed by atoms with Crippen molar-refractivity contribution in [1.29, 1.82) is 0 Å². The average Bonchev–Trinajstić information content (AvgIpc) is 3.39. The molecule has 1 atom stereocenters. The molecular weight excluding hydrogens is 432 g/mol. The van der Waals surface area contributed by atoms with Gasteiger partial charge in [0.1, 0.15) is 12.3 Å². The Morgan fingerprint density at radius 2 is 1.57 bits per heavy atom. The SMILES string of the molecule is CCC1CC[NH+](Cc2cnc(C(c3ccccc3)C3CCCCC3)o2)CC1.COc1ccccc1. The van der Waals surface area contributed by atoms with E-state index in [1.54, 1.807) is 12.0 Å². The van der Waals surface area contributed by atoms with Gasteiger partial charge in [0.05, 0.1) is 32.3 Å². The number of quaternary nitrogens is 1. The predicted octanol–water partition coefficient (Wildman–Crippen LogP) is 6.29. The molecule has 2 aliphatic rings. The molecule has 1 saturated carbocycles. The number of likely N-dealkylation sites (tertiary alicyclic amines) is 1. The van der Waals surface area contributed by atoms with Crippen LogP contribution in [0, 0.1) is 11.8 Å². The Kier molecular flexibility index (Phi) is 9.83. The van der Waals surface area contributed by atoms with Crippen LogP contribution in [0.4, 0.5) is 0 Å². The molecule has 1 N–H and O–H groups in total. The van der Waals surface area contributed by atoms with Crippen LogP contribution >= 0.6 is 0 Å². The van der Waals surface area contributed by atoms with Crippen LogP contribution in [0.15, 0.2) is 71.3 Å². The number of benzene rings is 2. The molecule has 3 aromatic rings. The van der Waals surface area contributed by atoms with Gasteiger partial charge in [0.15, 0.2) is 5.76 Å². The first kappa shape index (κ1) is 25.5. The summed E-state index contributed by atoms with van der Waals surface area (Å²) in [5, 5.41) is 0. The minimum absolute atomic E-state index is 0.320. The zero-order valence-electron chi connectivity index (χ0n) is 21.6. The predicted molar refractivity (Wildman–Crippen MR) is 142 cm³/mol. The highest BCUT2D eigenvalue weighted by Gasteiger charge is 2.31. The molecule has 35 heavy (non-hydrogen) atoms. The Morgan fingerprint density at radius 3 is 2.17 bits per heavy atom. The summed E-state index contributed by atoms with van der Waals surface area (Å²) >= 11 is 0. The lowest BCUT2D eigenvalue weighted by atomic mass is 9.77. The van der Waals surface area contributed by atoms with Gasteiger partial charge in [0, 0.05) is 0 Å². The van der Waals surface area contributed by atoms with Crippen LogP contribution in [-0.2, 0) is 6.54 Å². The molecule has 2 fully saturated rings. The quantitative estimate of drug-likeness (QED) is 0.437. The van der Waals surface area contributed by atoms with Crippen LogP contribution in [-0.4, -0.2) is 25.2 Å². The fraction of sp³-hybridized carbons (Fsp3) is 0.516. The number of nitrogens with one attached hydrogen (secondary N) is 1. The van der Waals surface area contributed by atoms with Crippen molar-refractivity contribution >= 4 is 0 Å². The van der Waals surface area contributed by atoms with Crippen LogP contribution in [0.2, 0.25) is 0 Å². The second-order valence-corrected chi connectivity index (χ2v) is 10.2. The maximum Gasteiger partial charge on any atom is 0.202 e. The van der Waals surface area contributed by atoms with E-state index < -0.39 is 0 Å². The van der Waals surface area contributed by atoms with Crippen molar-refractivity contribution in [3.05, 3.63) is 84.1 Å². The summed E-state index contributed by atoms with van der Waals surface area (Å²) in [6.07, 6.45) is 12.7. The number of methoxy groups -OCH3 is 1. The molecule has 5 rings (SSSR count). The van der Waals surface area contributed by atoms with E-state index in [2.05, 4.69) is 37.3 Å². The van der Waals surface area contributed by atoms with E-state index in [0.29, 0.717) is 11.8 Å². The molecular formula is C31H43N2O2+. The van der Waals surface area contributed by atoms with Gasteiger partial charge in [-0.15, -0.1) is 0 Å². The minimum atomic E-state index is 0.320. The molecule has 1 aliphatic carbocycles. The van der Waals surface area contributed by atoms with Gasteiger partial charge in [-0.25, -0.2) is 4.98 Å². The number of hydrogen-bond acceptors (Lipinski definition) is 3. The third-order valence-corrected chi connectivity index (χ3v) is 7.91. The Labute approximate surface area is 211 Å². The van der Waals surface area contributed by atoms with Crippen LogP contribution < -0.4 is 9.64 Å². The summed E-state index contributed by atoms with van der Waals surface area (Å²) < 4.78 is 11.3. The number of oxazole rings is 1. The first-order valence-corrected chi connectivity index (χ1v) is 13.7. The molecule has 2 aromatic carbocycles. The van der Waals surface area contributed by atoms with E-state index in [4.69, 9.17) is 14.1 Å². The molecule has 2 heterocycles. The first-order chi connectivity index (χ1) is 17.3. The van der Waals surface area contributed by atoms with Crippen molar-refractivity contribution in [2.45, 2.75) is 70.8 Å². The fourth-order valence-corrected chi connectivity index (χ4v) is 5.77. The van der Waals surface area contributed by atoms with Crippen molar-refractivity contribution in [1.82, 2.24) is 4.98 Å². The zero-order valence-corrected chi connectivity index (χ0v) is 21.6. The third kappa shape index (κ3) is 7.44. The van der Waals surface area contributed by atoms with Gasteiger partial charge in [-0.2, -0.15) is 0 Å². The molecule has 188 valence electrons. The smallest absolute Gasteiger partial charge is 0.202 e. The molecule has 4 nitrogen and oxygen atoms in total. The first-order valence-electron chi connectivity index (χ1n) is 13.7. The van der Waals surface area contributed by atoms with E-state index in [0.717, 1.165) is 29.9 Å². The molecule has 4 heteroatoms. The van der Waals surface area contributed by atoms with Crippen molar-refractivity contribution < 1.29 is 14.1 Å². The van der Waals surface area contributed by atoms with Gasteiger partial charge in [0.2, 0.25) is 5.89 Å². The van der Waals surface area contributed by atoms with Gasteiger partial charge < -0.3 is 14.1 Å². The largest absolute Gasteiger partial charge is 0.497 e. The van der Waals surface area contributed by atoms with Crippen molar-refractivity contribution in [2.75, 3.05) is 20.2 Å². The Balaban J connectivity index is 0.000000308. The average molecular weight is 476 g/mol. The van der Waals surface area contributed by atoms with Gasteiger partial charge in [-0.1, -0.05) is 81.1 Å². The minimum Gasteiger partial charge on any atom is -0.497 e. The second-order valence-electron chi connectivity index (χ2n) is 10.2. The van der Waals surface area contributed by atoms with Gasteiger partial charge in [0.25, 0.3) is 0 Å². The number of nitrogens with zero attached hydrogens (tertiary/aromatic N) is 1. The molecule has 1 unspecified atom stereocenters. The Bertz CT molecular complexity index is 958. The Morgan fingerprint density at radius 1 is 0.914 bits per heavy atom. The number of hydrogen-bond donors (Lipinski definition) is 1. The second kappa shape index (κ2) is 13.5. The number of piperidine rings is 1. The van der Waals surface area contributed by atoms with E-state index in [-0.39, 0.29) is 0 Å². The lowest BCUT2D eigenvalue weighted by Crippen LogP contribution is -3.11. The molecule has 0 amide bonds. The lowest BCUT2D eigenvalue weighted by Gasteiger charge is -2.29. The van der Waals surface area contributed by atoms with E-state index >= 15 is 0 Å². The van der Waals surface area contributed by atoms with Crippen LogP contribution in [0.1, 0.15) is 81.4 Å². The van der Waals surface area contributed by atoms with Crippen LogP contribution in [0.25, 0.3) is 0 Å². The van der Waals surface area contributed by atoms with Crippen molar-refractivity contribution in [3.63, 3.8) is 0 Å². The summed E-state index contributed by atoms with van der Waals surface area (Å²) in [7, 11) is 1.66. The standard InChI is InChI=1S/C24H34N2O.C7H8O/c1-2-19-13-15-26(16-14-19)18-22-17-25-24(27-22)23(20-9-5-3-6-10-20)21-11-7-4-8-12-21;1-8-7-5-3-2-4-6-7/h3,5-6,9-10,17,19,21,23H,2,4,7-8,11-16,18H2,1H3;2-6H,1H3/p+1. The number of ether oxygens (including phenoxy) is 1. The number of para-hydroxylation sites is 1. The molecule has 0 bridgehead atoms.